The molecule has 6 nitrogen and oxygen atoms in total. The van der Waals surface area contributed by atoms with Crippen LogP contribution in [-0.4, -0.2) is 25.7 Å². The van der Waals surface area contributed by atoms with E-state index in [-0.39, 0.29) is 23.6 Å². The summed E-state index contributed by atoms with van der Waals surface area (Å²) in [6, 6.07) is 13.3. The molecular weight excluding hydrogens is 326 g/mol. The molecule has 1 N–H and O–H groups in total. The van der Waals surface area contributed by atoms with Crippen LogP contribution >= 0.6 is 0 Å². The predicted octanol–water partition coefficient (Wildman–Crippen LogP) is 1.93. The number of ketones is 1. The Morgan fingerprint density at radius 2 is 1.96 bits per heavy atom. The van der Waals surface area contributed by atoms with Crippen LogP contribution in [0, 0.1) is 18.3 Å². The van der Waals surface area contributed by atoms with Gasteiger partial charge in [0, 0.05) is 19.2 Å². The molecule has 0 aliphatic heterocycles. The Kier molecular flexibility index (Phi) is 5.79. The number of hydrogen-bond acceptors (Lipinski definition) is 5. The lowest BCUT2D eigenvalue weighted by atomic mass is 9.99. The number of nitrogens with one attached hydrogen (secondary N) is 1. The van der Waals surface area contributed by atoms with Crippen molar-refractivity contribution in [2.24, 2.45) is 0 Å². The number of aryl methyl sites for hydroxylation is 1. The van der Waals surface area contributed by atoms with Crippen LogP contribution in [0.2, 0.25) is 0 Å². The molecule has 0 aliphatic rings. The Balaban J connectivity index is 1.97. The Bertz CT molecular complexity index is 841. The minimum Gasteiger partial charge on any atom is -0.298 e. The third kappa shape index (κ3) is 4.47. The standard InChI is InChI=1S/C17H17N3O3S/c1-13-5-7-14(8-6-13)24(22,23)20-11-9-17(21)15(12-18)16-4-2-3-10-19-16/h2-8,10,15,20H,9,11H2,1H3/t15-/m0/s1. The average molecular weight is 343 g/mol. The van der Waals surface area contributed by atoms with Crippen molar-refractivity contribution in [2.75, 3.05) is 6.54 Å². The zero-order valence-corrected chi connectivity index (χ0v) is 14.0. The van der Waals surface area contributed by atoms with Crippen LogP contribution < -0.4 is 4.72 Å². The molecule has 0 spiro atoms. The van der Waals surface area contributed by atoms with Gasteiger partial charge in [0.2, 0.25) is 10.0 Å². The van der Waals surface area contributed by atoms with Crippen molar-refractivity contribution >= 4 is 15.8 Å². The molecule has 24 heavy (non-hydrogen) atoms. The number of carbonyl (C=O) groups is 1. The normalized spacial score (nSPS) is 12.3. The van der Waals surface area contributed by atoms with E-state index in [4.69, 9.17) is 5.26 Å². The van der Waals surface area contributed by atoms with Gasteiger partial charge in [-0.15, -0.1) is 0 Å². The predicted molar refractivity (Wildman–Crippen MR) is 88.6 cm³/mol. The van der Waals surface area contributed by atoms with Crippen molar-refractivity contribution in [2.45, 2.75) is 24.2 Å². The molecule has 0 saturated carbocycles. The van der Waals surface area contributed by atoms with Crippen molar-refractivity contribution < 1.29 is 13.2 Å². The van der Waals surface area contributed by atoms with E-state index in [1.54, 1.807) is 30.3 Å². The molecule has 2 rings (SSSR count). The molecule has 2 aromatic rings. The summed E-state index contributed by atoms with van der Waals surface area (Å²) in [6.45, 7) is 1.79. The van der Waals surface area contributed by atoms with E-state index >= 15 is 0 Å². The summed E-state index contributed by atoms with van der Waals surface area (Å²) in [4.78, 5) is 16.3. The molecule has 0 bridgehead atoms. The largest absolute Gasteiger partial charge is 0.298 e. The number of Topliss-reactive ketones (excluding diaryl/α,β-unsaturated/α-hetero) is 1. The van der Waals surface area contributed by atoms with Gasteiger partial charge in [-0.05, 0) is 31.2 Å². The molecule has 1 aromatic carbocycles. The maximum absolute atomic E-state index is 12.1. The maximum atomic E-state index is 12.1. The number of benzene rings is 1. The van der Waals surface area contributed by atoms with Crippen molar-refractivity contribution in [3.63, 3.8) is 0 Å². The fourth-order valence-electron chi connectivity index (χ4n) is 2.10. The number of carbonyl (C=O) groups excluding carboxylic acids is 1. The van der Waals surface area contributed by atoms with Crippen molar-refractivity contribution in [1.82, 2.24) is 9.71 Å². The van der Waals surface area contributed by atoms with E-state index in [0.717, 1.165) is 5.56 Å². The first-order valence-electron chi connectivity index (χ1n) is 7.33. The van der Waals surface area contributed by atoms with E-state index in [2.05, 4.69) is 9.71 Å². The molecule has 1 atom stereocenters. The molecule has 0 saturated heterocycles. The van der Waals surface area contributed by atoms with Crippen LogP contribution in [0.25, 0.3) is 0 Å². The van der Waals surface area contributed by atoms with Gasteiger partial charge in [-0.1, -0.05) is 23.8 Å². The summed E-state index contributed by atoms with van der Waals surface area (Å²) < 4.78 is 26.6. The van der Waals surface area contributed by atoms with Crippen LogP contribution in [0.5, 0.6) is 0 Å². The summed E-state index contributed by atoms with van der Waals surface area (Å²) in [5.41, 5.74) is 1.32. The Morgan fingerprint density at radius 3 is 2.54 bits per heavy atom. The van der Waals surface area contributed by atoms with Gasteiger partial charge in [-0.25, -0.2) is 13.1 Å². The van der Waals surface area contributed by atoms with Gasteiger partial charge in [0.15, 0.2) is 5.78 Å². The summed E-state index contributed by atoms with van der Waals surface area (Å²) in [7, 11) is -3.67. The Labute approximate surface area is 141 Å². The number of pyridine rings is 1. The molecule has 0 unspecified atom stereocenters. The summed E-state index contributed by atoms with van der Waals surface area (Å²) >= 11 is 0. The van der Waals surface area contributed by atoms with E-state index in [0.29, 0.717) is 5.69 Å². The summed E-state index contributed by atoms with van der Waals surface area (Å²) in [5.74, 6) is -1.36. The topological polar surface area (TPSA) is 99.9 Å². The van der Waals surface area contributed by atoms with Gasteiger partial charge in [-0.2, -0.15) is 5.26 Å². The van der Waals surface area contributed by atoms with Gasteiger partial charge in [0.05, 0.1) is 16.7 Å². The molecule has 1 aromatic heterocycles. The van der Waals surface area contributed by atoms with Crippen molar-refractivity contribution in [3.05, 3.63) is 59.9 Å². The average Bonchev–Trinajstić information content (AvgIpc) is 2.57. The third-order valence-electron chi connectivity index (χ3n) is 3.43. The highest BCUT2D eigenvalue weighted by atomic mass is 32.2. The van der Waals surface area contributed by atoms with E-state index in [1.807, 2.05) is 13.0 Å². The van der Waals surface area contributed by atoms with E-state index in [9.17, 15) is 13.2 Å². The molecule has 0 radical (unpaired) electrons. The zero-order chi connectivity index (χ0) is 17.6. The van der Waals surface area contributed by atoms with Crippen molar-refractivity contribution in [1.29, 1.82) is 5.26 Å². The number of aromatic nitrogens is 1. The highest BCUT2D eigenvalue weighted by Gasteiger charge is 2.22. The van der Waals surface area contributed by atoms with Crippen LogP contribution in [0.15, 0.2) is 53.6 Å². The SMILES string of the molecule is Cc1ccc(S(=O)(=O)NCCC(=O)[C@@H](C#N)c2ccccn2)cc1. The van der Waals surface area contributed by atoms with Crippen molar-refractivity contribution in [3.8, 4) is 6.07 Å². The van der Waals surface area contributed by atoms with Crippen LogP contribution in [0.4, 0.5) is 0 Å². The molecule has 1 heterocycles. The molecule has 7 heteroatoms. The highest BCUT2D eigenvalue weighted by Crippen LogP contribution is 2.15. The molecule has 124 valence electrons. The van der Waals surface area contributed by atoms with Gasteiger partial charge in [-0.3, -0.25) is 9.78 Å². The monoisotopic (exact) mass is 343 g/mol. The highest BCUT2D eigenvalue weighted by molar-refractivity contribution is 7.89. The Hall–Kier alpha value is -2.56. The molecular formula is C17H17N3O3S. The minimum atomic E-state index is -3.67. The molecule has 0 aliphatic carbocycles. The van der Waals surface area contributed by atoms with Crippen LogP contribution in [0.1, 0.15) is 23.6 Å². The zero-order valence-electron chi connectivity index (χ0n) is 13.1. The summed E-state index contributed by atoms with van der Waals surface area (Å²) in [5, 5.41) is 9.16. The fraction of sp³-hybridized carbons (Fsp3) is 0.235. The van der Waals surface area contributed by atoms with E-state index in [1.165, 1.54) is 18.3 Å². The minimum absolute atomic E-state index is 0.0694. The first-order chi connectivity index (χ1) is 11.4. The second-order valence-electron chi connectivity index (χ2n) is 5.24. The Morgan fingerprint density at radius 1 is 1.25 bits per heavy atom. The van der Waals surface area contributed by atoms with Gasteiger partial charge >= 0.3 is 0 Å². The fourth-order valence-corrected chi connectivity index (χ4v) is 3.14. The number of sulfonamides is 1. The number of hydrogen-bond donors (Lipinski definition) is 1. The van der Waals surface area contributed by atoms with Gasteiger partial charge in [0.1, 0.15) is 5.92 Å². The third-order valence-corrected chi connectivity index (χ3v) is 4.91. The first kappa shape index (κ1) is 17.8. The smallest absolute Gasteiger partial charge is 0.240 e. The second kappa shape index (κ2) is 7.81. The quantitative estimate of drug-likeness (QED) is 0.828. The van der Waals surface area contributed by atoms with Gasteiger partial charge < -0.3 is 0 Å². The number of rotatable bonds is 7. The lowest BCUT2D eigenvalue weighted by molar-refractivity contribution is -0.119. The lowest BCUT2D eigenvalue weighted by Crippen LogP contribution is -2.27. The first-order valence-corrected chi connectivity index (χ1v) is 8.82. The summed E-state index contributed by atoms with van der Waals surface area (Å²) in [6.07, 6.45) is 1.42. The van der Waals surface area contributed by atoms with E-state index < -0.39 is 15.9 Å². The lowest BCUT2D eigenvalue weighted by Gasteiger charge is -2.09. The maximum Gasteiger partial charge on any atom is 0.240 e. The number of nitriles is 1. The second-order valence-corrected chi connectivity index (χ2v) is 7.01. The van der Waals surface area contributed by atoms with Crippen LogP contribution in [-0.2, 0) is 14.8 Å². The number of nitrogens with zero attached hydrogens (tertiary/aromatic N) is 2. The van der Waals surface area contributed by atoms with Gasteiger partial charge in [0.25, 0.3) is 0 Å². The molecule has 0 amide bonds. The van der Waals surface area contributed by atoms with Crippen LogP contribution in [0.3, 0.4) is 0 Å². The molecule has 0 fully saturated rings.